The molecule has 0 saturated carbocycles. The first-order chi connectivity index (χ1) is 8.49. The molecule has 98 valence electrons. The van der Waals surface area contributed by atoms with Crippen molar-refractivity contribution in [3.8, 4) is 0 Å². The van der Waals surface area contributed by atoms with Crippen LogP contribution in [-0.2, 0) is 4.79 Å². The van der Waals surface area contributed by atoms with Gasteiger partial charge in [-0.25, -0.2) is 0 Å². The molecule has 2 heterocycles. The van der Waals surface area contributed by atoms with Crippen molar-refractivity contribution >= 4 is 55.1 Å². The third-order valence-electron chi connectivity index (χ3n) is 2.99. The summed E-state index contributed by atoms with van der Waals surface area (Å²) < 4.78 is 1.77. The summed E-state index contributed by atoms with van der Waals surface area (Å²) >= 11 is 8.10. The number of hydrogen-bond donors (Lipinski definition) is 1. The van der Waals surface area contributed by atoms with Gasteiger partial charge in [0.1, 0.15) is 0 Å². The van der Waals surface area contributed by atoms with Crippen LogP contribution in [0.25, 0.3) is 0 Å². The van der Waals surface area contributed by atoms with Gasteiger partial charge < -0.3 is 10.0 Å². The number of carbonyl (C=O) groups excluding carboxylic acids is 1. The van der Waals surface area contributed by atoms with Gasteiger partial charge >= 0.3 is 5.97 Å². The van der Waals surface area contributed by atoms with E-state index in [1.807, 2.05) is 0 Å². The highest BCUT2D eigenvalue weighted by molar-refractivity contribution is 9.13. The number of piperidine rings is 1. The molecule has 0 aromatic carbocycles. The zero-order chi connectivity index (χ0) is 13.3. The summed E-state index contributed by atoms with van der Waals surface area (Å²) in [6.07, 6.45) is 1.07. The van der Waals surface area contributed by atoms with Crippen LogP contribution >= 0.6 is 43.2 Å². The number of carboxylic acids is 1. The van der Waals surface area contributed by atoms with E-state index in [0.29, 0.717) is 30.8 Å². The topological polar surface area (TPSA) is 57.6 Å². The van der Waals surface area contributed by atoms with E-state index in [-0.39, 0.29) is 11.8 Å². The molecule has 1 amide bonds. The van der Waals surface area contributed by atoms with Crippen LogP contribution in [0.2, 0.25) is 0 Å². The van der Waals surface area contributed by atoms with Crippen molar-refractivity contribution in [3.05, 3.63) is 19.2 Å². The number of likely N-dealkylation sites (tertiary alicyclic amines) is 1. The van der Waals surface area contributed by atoms with Crippen LogP contribution in [0, 0.1) is 5.92 Å². The fourth-order valence-electron chi connectivity index (χ4n) is 1.94. The highest BCUT2D eigenvalue weighted by atomic mass is 79.9. The van der Waals surface area contributed by atoms with Gasteiger partial charge in [-0.05, 0) is 50.8 Å². The molecule has 0 aliphatic carbocycles. The lowest BCUT2D eigenvalue weighted by Crippen LogP contribution is -2.39. The van der Waals surface area contributed by atoms with Crippen molar-refractivity contribution in [2.45, 2.75) is 12.8 Å². The molecule has 1 fully saturated rings. The van der Waals surface area contributed by atoms with Gasteiger partial charge in [-0.15, -0.1) is 11.3 Å². The molecule has 1 saturated heterocycles. The Bertz CT molecular complexity index is 461. The van der Waals surface area contributed by atoms with Crippen LogP contribution in [0.1, 0.15) is 22.5 Å². The molecule has 0 spiro atoms. The molecule has 0 radical (unpaired) electrons. The molecule has 2 rings (SSSR count). The van der Waals surface area contributed by atoms with Crippen molar-refractivity contribution in [2.75, 3.05) is 13.1 Å². The normalized spacial score (nSPS) is 16.9. The van der Waals surface area contributed by atoms with E-state index in [2.05, 4.69) is 31.9 Å². The minimum absolute atomic E-state index is 0.0183. The van der Waals surface area contributed by atoms with Crippen molar-refractivity contribution in [1.82, 2.24) is 4.90 Å². The predicted octanol–water partition coefficient (Wildman–Crippen LogP) is 3.21. The maximum absolute atomic E-state index is 12.2. The van der Waals surface area contributed by atoms with Gasteiger partial charge in [-0.2, -0.15) is 0 Å². The second-order valence-electron chi connectivity index (χ2n) is 4.14. The average molecular weight is 397 g/mol. The second-order valence-corrected chi connectivity index (χ2v) is 7.36. The second kappa shape index (κ2) is 5.71. The number of carboxylic acid groups (broad SMARTS) is 1. The van der Waals surface area contributed by atoms with E-state index < -0.39 is 5.97 Å². The first-order valence-electron chi connectivity index (χ1n) is 5.46. The van der Waals surface area contributed by atoms with E-state index in [9.17, 15) is 9.59 Å². The number of nitrogens with zero attached hydrogens (tertiary/aromatic N) is 1. The molecule has 0 unspecified atom stereocenters. The number of rotatable bonds is 2. The van der Waals surface area contributed by atoms with E-state index in [1.165, 1.54) is 11.3 Å². The molecule has 1 aliphatic heterocycles. The Kier molecular flexibility index (Phi) is 4.45. The molecule has 1 aromatic heterocycles. The molecule has 1 aromatic rings. The van der Waals surface area contributed by atoms with Gasteiger partial charge in [0, 0.05) is 17.6 Å². The quantitative estimate of drug-likeness (QED) is 0.834. The molecule has 1 N–H and O–H groups in total. The number of thiophene rings is 1. The SMILES string of the molecule is O=C(O)C1CCN(C(=O)c2cc(Br)c(Br)s2)CC1. The maximum Gasteiger partial charge on any atom is 0.306 e. The molecule has 0 bridgehead atoms. The smallest absolute Gasteiger partial charge is 0.306 e. The summed E-state index contributed by atoms with van der Waals surface area (Å²) in [7, 11) is 0. The fourth-order valence-corrected chi connectivity index (χ4v) is 3.94. The Labute approximate surface area is 125 Å². The maximum atomic E-state index is 12.2. The van der Waals surface area contributed by atoms with Crippen LogP contribution in [-0.4, -0.2) is 35.0 Å². The number of carbonyl (C=O) groups is 2. The molecule has 0 atom stereocenters. The van der Waals surface area contributed by atoms with Crippen LogP contribution in [0.3, 0.4) is 0 Å². The lowest BCUT2D eigenvalue weighted by molar-refractivity contribution is -0.143. The van der Waals surface area contributed by atoms with Crippen LogP contribution < -0.4 is 0 Å². The van der Waals surface area contributed by atoms with E-state index in [4.69, 9.17) is 5.11 Å². The summed E-state index contributed by atoms with van der Waals surface area (Å²) in [5.74, 6) is -1.09. The van der Waals surface area contributed by atoms with Crippen LogP contribution in [0.5, 0.6) is 0 Å². The summed E-state index contributed by atoms with van der Waals surface area (Å²) in [6, 6.07) is 1.79. The summed E-state index contributed by atoms with van der Waals surface area (Å²) in [5, 5.41) is 8.91. The van der Waals surface area contributed by atoms with Crippen molar-refractivity contribution in [3.63, 3.8) is 0 Å². The standard InChI is InChI=1S/C11H11Br2NO3S/c12-7-5-8(18-9(7)13)10(15)14-3-1-6(2-4-14)11(16)17/h5-6H,1-4H2,(H,16,17). The van der Waals surface area contributed by atoms with Gasteiger partial charge in [0.25, 0.3) is 5.91 Å². The van der Waals surface area contributed by atoms with Gasteiger partial charge in [-0.1, -0.05) is 0 Å². The van der Waals surface area contributed by atoms with Crippen molar-refractivity contribution in [2.24, 2.45) is 5.92 Å². The third kappa shape index (κ3) is 2.95. The third-order valence-corrected chi connectivity index (χ3v) is 6.23. The Morgan fingerprint density at radius 3 is 2.39 bits per heavy atom. The average Bonchev–Trinajstić information content (AvgIpc) is 2.69. The van der Waals surface area contributed by atoms with Gasteiger partial charge in [0.2, 0.25) is 0 Å². The minimum Gasteiger partial charge on any atom is -0.481 e. The lowest BCUT2D eigenvalue weighted by atomic mass is 9.97. The molecule has 7 heteroatoms. The van der Waals surface area contributed by atoms with Gasteiger partial charge in [0.15, 0.2) is 0 Å². The number of halogens is 2. The van der Waals surface area contributed by atoms with Crippen molar-refractivity contribution < 1.29 is 14.7 Å². The Balaban J connectivity index is 2.01. The zero-order valence-electron chi connectivity index (χ0n) is 9.36. The van der Waals surface area contributed by atoms with Crippen molar-refractivity contribution in [1.29, 1.82) is 0 Å². The highest BCUT2D eigenvalue weighted by Crippen LogP contribution is 2.33. The molecule has 4 nitrogen and oxygen atoms in total. The molecule has 1 aliphatic rings. The van der Waals surface area contributed by atoms with E-state index in [0.717, 1.165) is 8.26 Å². The summed E-state index contributed by atoms with van der Waals surface area (Å²) in [4.78, 5) is 25.4. The monoisotopic (exact) mass is 395 g/mol. The largest absolute Gasteiger partial charge is 0.481 e. The first-order valence-corrected chi connectivity index (χ1v) is 7.86. The highest BCUT2D eigenvalue weighted by Gasteiger charge is 2.28. The number of aliphatic carboxylic acids is 1. The van der Waals surface area contributed by atoms with Crippen LogP contribution in [0.15, 0.2) is 14.3 Å². The molecule has 18 heavy (non-hydrogen) atoms. The first kappa shape index (κ1) is 14.0. The summed E-state index contributed by atoms with van der Waals surface area (Å²) in [6.45, 7) is 1.03. The number of hydrogen-bond acceptors (Lipinski definition) is 3. The molecular formula is C11H11Br2NO3S. The Morgan fingerprint density at radius 1 is 1.33 bits per heavy atom. The zero-order valence-corrected chi connectivity index (χ0v) is 13.3. The van der Waals surface area contributed by atoms with E-state index >= 15 is 0 Å². The lowest BCUT2D eigenvalue weighted by Gasteiger charge is -2.29. The molecular weight excluding hydrogens is 386 g/mol. The van der Waals surface area contributed by atoms with Crippen LogP contribution in [0.4, 0.5) is 0 Å². The Hall–Kier alpha value is -0.400. The summed E-state index contributed by atoms with van der Waals surface area (Å²) in [5.41, 5.74) is 0. The van der Waals surface area contributed by atoms with Gasteiger partial charge in [0.05, 0.1) is 14.6 Å². The minimum atomic E-state index is -0.760. The predicted molar refractivity (Wildman–Crippen MR) is 76.0 cm³/mol. The Morgan fingerprint density at radius 2 is 1.94 bits per heavy atom. The number of amides is 1. The van der Waals surface area contributed by atoms with E-state index in [1.54, 1.807) is 11.0 Å². The fraction of sp³-hybridized carbons (Fsp3) is 0.455. The van der Waals surface area contributed by atoms with Gasteiger partial charge in [-0.3, -0.25) is 9.59 Å².